The van der Waals surface area contributed by atoms with Crippen molar-refractivity contribution in [2.45, 2.75) is 6.92 Å². The van der Waals surface area contributed by atoms with Crippen molar-refractivity contribution >= 4 is 28.1 Å². The molecule has 0 saturated carbocycles. The van der Waals surface area contributed by atoms with E-state index < -0.39 is 0 Å². The van der Waals surface area contributed by atoms with Crippen molar-refractivity contribution in [3.05, 3.63) is 64.1 Å². The van der Waals surface area contributed by atoms with Gasteiger partial charge < -0.3 is 4.74 Å². The summed E-state index contributed by atoms with van der Waals surface area (Å²) in [4.78, 5) is 0. The van der Waals surface area contributed by atoms with Gasteiger partial charge in [-0.3, -0.25) is 0 Å². The third-order valence-corrected chi connectivity index (χ3v) is 3.06. The maximum Gasteiger partial charge on any atom is 0.119 e. The molecule has 18 heavy (non-hydrogen) atoms. The van der Waals surface area contributed by atoms with Crippen molar-refractivity contribution in [3.63, 3.8) is 0 Å². The Morgan fingerprint density at radius 1 is 0.889 bits per heavy atom. The Labute approximate surface area is 116 Å². The summed E-state index contributed by atoms with van der Waals surface area (Å²) < 4.78 is 6.51. The second-order valence-corrected chi connectivity index (χ2v) is 4.80. The normalized spacial score (nSPS) is 10.8. The van der Waals surface area contributed by atoms with Crippen LogP contribution in [0.4, 0.5) is 0 Å². The molecule has 0 atom stereocenters. The number of hydrogen-bond donors (Lipinski definition) is 0. The zero-order valence-corrected chi connectivity index (χ0v) is 11.9. The lowest BCUT2D eigenvalue weighted by molar-refractivity contribution is 0.340. The minimum atomic E-state index is 0.702. The molecule has 0 aliphatic rings. The van der Waals surface area contributed by atoms with Crippen LogP contribution >= 0.6 is 15.9 Å². The Kier molecular flexibility index (Phi) is 4.59. The van der Waals surface area contributed by atoms with E-state index >= 15 is 0 Å². The maximum atomic E-state index is 5.41. The minimum absolute atomic E-state index is 0.702. The first-order valence-electron chi connectivity index (χ1n) is 5.94. The van der Waals surface area contributed by atoms with Crippen molar-refractivity contribution in [2.75, 3.05) is 6.61 Å². The van der Waals surface area contributed by atoms with Crippen LogP contribution in [0.5, 0.6) is 5.75 Å². The lowest BCUT2D eigenvalue weighted by atomic mass is 10.1. The molecule has 0 amide bonds. The number of hydrogen-bond acceptors (Lipinski definition) is 1. The molecule has 2 aromatic carbocycles. The van der Waals surface area contributed by atoms with Crippen LogP contribution in [0.25, 0.3) is 12.2 Å². The van der Waals surface area contributed by atoms with Crippen LogP contribution in [0.1, 0.15) is 18.1 Å². The van der Waals surface area contributed by atoms with Crippen LogP contribution in [0, 0.1) is 0 Å². The fourth-order valence-corrected chi connectivity index (χ4v) is 1.87. The maximum absolute atomic E-state index is 5.41. The van der Waals surface area contributed by atoms with Gasteiger partial charge in [0.15, 0.2) is 0 Å². The average Bonchev–Trinajstić information content (AvgIpc) is 2.40. The second-order valence-electron chi connectivity index (χ2n) is 3.89. The molecule has 0 N–H and O–H groups in total. The monoisotopic (exact) mass is 302 g/mol. The molecular weight excluding hydrogens is 288 g/mol. The fraction of sp³-hybridized carbons (Fsp3) is 0.125. The van der Waals surface area contributed by atoms with Gasteiger partial charge in [0.05, 0.1) is 6.61 Å². The van der Waals surface area contributed by atoms with Crippen LogP contribution in [-0.2, 0) is 0 Å². The van der Waals surface area contributed by atoms with Crippen LogP contribution in [0.15, 0.2) is 53.0 Å². The largest absolute Gasteiger partial charge is 0.494 e. The molecular formula is C16H15BrO. The molecule has 0 aliphatic heterocycles. The molecule has 0 fully saturated rings. The van der Waals surface area contributed by atoms with Crippen LogP contribution in [-0.4, -0.2) is 6.61 Å². The van der Waals surface area contributed by atoms with E-state index in [0.717, 1.165) is 10.2 Å². The van der Waals surface area contributed by atoms with Gasteiger partial charge in [-0.15, -0.1) is 0 Å². The highest BCUT2D eigenvalue weighted by Crippen LogP contribution is 2.16. The van der Waals surface area contributed by atoms with Crippen molar-refractivity contribution < 1.29 is 4.74 Å². The summed E-state index contributed by atoms with van der Waals surface area (Å²) in [5, 5.41) is 0. The lowest BCUT2D eigenvalue weighted by Crippen LogP contribution is -1.90. The van der Waals surface area contributed by atoms with E-state index in [2.05, 4.69) is 52.3 Å². The smallest absolute Gasteiger partial charge is 0.119 e. The quantitative estimate of drug-likeness (QED) is 0.721. The molecule has 2 rings (SSSR count). The summed E-state index contributed by atoms with van der Waals surface area (Å²) in [6.07, 6.45) is 4.20. The Hall–Kier alpha value is -1.54. The van der Waals surface area contributed by atoms with Gasteiger partial charge in [0.2, 0.25) is 0 Å². The van der Waals surface area contributed by atoms with Crippen molar-refractivity contribution in [1.82, 2.24) is 0 Å². The Morgan fingerprint density at radius 2 is 1.39 bits per heavy atom. The van der Waals surface area contributed by atoms with Crippen LogP contribution in [0.3, 0.4) is 0 Å². The Morgan fingerprint density at radius 3 is 1.89 bits per heavy atom. The molecule has 0 aromatic heterocycles. The second kappa shape index (κ2) is 6.41. The molecule has 92 valence electrons. The van der Waals surface area contributed by atoms with Gasteiger partial charge in [-0.1, -0.05) is 52.3 Å². The molecule has 0 saturated heterocycles. The summed E-state index contributed by atoms with van der Waals surface area (Å²) in [5.41, 5.74) is 2.36. The van der Waals surface area contributed by atoms with Crippen molar-refractivity contribution in [3.8, 4) is 5.75 Å². The highest BCUT2D eigenvalue weighted by Gasteiger charge is 1.92. The molecule has 2 aromatic rings. The zero-order chi connectivity index (χ0) is 12.8. The molecule has 1 nitrogen and oxygen atoms in total. The molecule has 0 bridgehead atoms. The van der Waals surface area contributed by atoms with E-state index in [-0.39, 0.29) is 0 Å². The third kappa shape index (κ3) is 3.74. The van der Waals surface area contributed by atoms with E-state index in [1.54, 1.807) is 0 Å². The van der Waals surface area contributed by atoms with Gasteiger partial charge in [-0.25, -0.2) is 0 Å². The Balaban J connectivity index is 2.06. The third-order valence-electron chi connectivity index (χ3n) is 2.53. The summed E-state index contributed by atoms with van der Waals surface area (Å²) in [5.74, 6) is 0.915. The summed E-state index contributed by atoms with van der Waals surface area (Å²) in [6, 6.07) is 16.3. The molecule has 0 unspecified atom stereocenters. The zero-order valence-electron chi connectivity index (χ0n) is 10.3. The first-order valence-corrected chi connectivity index (χ1v) is 6.74. The molecule has 2 heteroatoms. The van der Waals surface area contributed by atoms with Gasteiger partial charge in [0.1, 0.15) is 5.75 Å². The first kappa shape index (κ1) is 12.9. The first-order chi connectivity index (χ1) is 8.78. The van der Waals surface area contributed by atoms with E-state index in [9.17, 15) is 0 Å². The predicted molar refractivity (Wildman–Crippen MR) is 80.7 cm³/mol. The highest BCUT2D eigenvalue weighted by atomic mass is 79.9. The van der Waals surface area contributed by atoms with Gasteiger partial charge >= 0.3 is 0 Å². The summed E-state index contributed by atoms with van der Waals surface area (Å²) in [7, 11) is 0. The highest BCUT2D eigenvalue weighted by molar-refractivity contribution is 9.10. The van der Waals surface area contributed by atoms with E-state index in [1.807, 2.05) is 31.2 Å². The van der Waals surface area contributed by atoms with Gasteiger partial charge in [-0.05, 0) is 42.3 Å². The predicted octanol–water partition coefficient (Wildman–Crippen LogP) is 5.02. The van der Waals surface area contributed by atoms with Gasteiger partial charge in [0.25, 0.3) is 0 Å². The SMILES string of the molecule is CCOc1ccc(C=Cc2ccc(Br)cc2)cc1. The van der Waals surface area contributed by atoms with Crippen molar-refractivity contribution in [1.29, 1.82) is 0 Å². The van der Waals surface area contributed by atoms with Gasteiger partial charge in [0, 0.05) is 4.47 Å². The molecule has 0 radical (unpaired) electrons. The fourth-order valence-electron chi connectivity index (χ4n) is 1.61. The van der Waals surface area contributed by atoms with Crippen molar-refractivity contribution in [2.24, 2.45) is 0 Å². The average molecular weight is 303 g/mol. The van der Waals surface area contributed by atoms with Crippen LogP contribution < -0.4 is 4.74 Å². The topological polar surface area (TPSA) is 9.23 Å². The number of rotatable bonds is 4. The molecule has 0 aliphatic carbocycles. The number of halogens is 1. The Bertz CT molecular complexity index is 512. The minimum Gasteiger partial charge on any atom is -0.494 e. The molecule has 0 spiro atoms. The van der Waals surface area contributed by atoms with E-state index in [1.165, 1.54) is 11.1 Å². The van der Waals surface area contributed by atoms with E-state index in [0.29, 0.717) is 6.61 Å². The van der Waals surface area contributed by atoms with Gasteiger partial charge in [-0.2, -0.15) is 0 Å². The van der Waals surface area contributed by atoms with E-state index in [4.69, 9.17) is 4.74 Å². The molecule has 0 heterocycles. The number of ether oxygens (including phenoxy) is 1. The summed E-state index contributed by atoms with van der Waals surface area (Å²) in [6.45, 7) is 2.69. The number of benzene rings is 2. The summed E-state index contributed by atoms with van der Waals surface area (Å²) >= 11 is 3.43. The standard InChI is InChI=1S/C16H15BrO/c1-2-18-16-11-7-14(8-12-16)4-3-13-5-9-15(17)10-6-13/h3-12H,2H2,1H3. The van der Waals surface area contributed by atoms with Crippen LogP contribution in [0.2, 0.25) is 0 Å². The lowest BCUT2D eigenvalue weighted by Gasteiger charge is -2.02.